The predicted molar refractivity (Wildman–Crippen MR) is 245 cm³/mol. The van der Waals surface area contributed by atoms with E-state index in [1.807, 2.05) is 71.2 Å². The maximum absolute atomic E-state index is 12.9. The Hall–Kier alpha value is -5.57. The standard InChI is InChI=1S/C44H47N6O7PS2/c1-26(2)42(53)46-21-7-23-48-44(55)29-10-14-31(15-11-29)50(5)60-39-25-38(59-49(4)30-12-8-28(9-13-30)43(54)47-22-6-20-45-27(3)51)34-18-16-32-36(52)24-37(58(56)57)33-17-19-35(39)41(34)40(32)33/h8-19,24-25,52,56-57H,1,6-7,20-23H2,2-5H3,(H,45,51)(H,46,53)(H,47,54)(H,48,55). The second kappa shape index (κ2) is 19.7. The van der Waals surface area contributed by atoms with Crippen LogP contribution in [-0.4, -0.2) is 78.8 Å². The summed E-state index contributed by atoms with van der Waals surface area (Å²) < 4.78 is 4.01. The van der Waals surface area contributed by atoms with Gasteiger partial charge in [0.2, 0.25) is 11.8 Å². The monoisotopic (exact) mass is 866 g/mol. The molecule has 0 spiro atoms. The second-order valence-corrected chi connectivity index (χ2v) is 17.6. The van der Waals surface area contributed by atoms with Crippen molar-refractivity contribution in [3.63, 3.8) is 0 Å². The lowest BCUT2D eigenvalue weighted by molar-refractivity contribution is -0.119. The lowest BCUT2D eigenvalue weighted by Gasteiger charge is -2.24. The van der Waals surface area contributed by atoms with E-state index in [4.69, 9.17) is 0 Å². The molecule has 0 aliphatic heterocycles. The summed E-state index contributed by atoms with van der Waals surface area (Å²) in [5.41, 5.74) is 3.15. The van der Waals surface area contributed by atoms with E-state index in [-0.39, 0.29) is 34.7 Å². The minimum atomic E-state index is -2.50. The van der Waals surface area contributed by atoms with Crippen molar-refractivity contribution in [3.05, 3.63) is 108 Å². The van der Waals surface area contributed by atoms with Crippen molar-refractivity contribution < 1.29 is 34.1 Å². The molecule has 312 valence electrons. The molecule has 6 aromatic carbocycles. The molecule has 0 heterocycles. The van der Waals surface area contributed by atoms with Crippen LogP contribution in [0.5, 0.6) is 5.75 Å². The van der Waals surface area contributed by atoms with Crippen molar-refractivity contribution in [2.75, 3.05) is 48.9 Å². The summed E-state index contributed by atoms with van der Waals surface area (Å²) in [5, 5.41) is 27.3. The topological polar surface area (TPSA) is 184 Å². The quantitative estimate of drug-likeness (QED) is 0.0163. The first kappa shape index (κ1) is 44.0. The highest BCUT2D eigenvalue weighted by molar-refractivity contribution is 8.01. The molecule has 0 fully saturated rings. The summed E-state index contributed by atoms with van der Waals surface area (Å²) in [6.07, 6.45) is 1.20. The number of carbonyl (C=O) groups is 4. The maximum Gasteiger partial charge on any atom is 0.251 e. The van der Waals surface area contributed by atoms with Crippen LogP contribution in [0.1, 0.15) is 47.4 Å². The Labute approximate surface area is 358 Å². The molecular formula is C44H47N6O7PS2. The predicted octanol–water partition coefficient (Wildman–Crippen LogP) is 6.57. The molecule has 0 radical (unpaired) electrons. The highest BCUT2D eigenvalue weighted by Crippen LogP contribution is 2.47. The van der Waals surface area contributed by atoms with Gasteiger partial charge < -0.3 is 44.8 Å². The summed E-state index contributed by atoms with van der Waals surface area (Å²) >= 11 is 2.99. The normalized spacial score (nSPS) is 11.2. The molecule has 60 heavy (non-hydrogen) atoms. The third-order valence-electron chi connectivity index (χ3n) is 9.78. The molecule has 6 aromatic rings. The highest BCUT2D eigenvalue weighted by atomic mass is 32.2. The van der Waals surface area contributed by atoms with Gasteiger partial charge in [0.25, 0.3) is 11.8 Å². The summed E-state index contributed by atoms with van der Waals surface area (Å²) in [6.45, 7) is 8.46. The van der Waals surface area contributed by atoms with Gasteiger partial charge in [0.05, 0.1) is 0 Å². The van der Waals surface area contributed by atoms with Gasteiger partial charge in [-0.1, -0.05) is 24.8 Å². The number of rotatable bonds is 18. The number of hydrogen-bond donors (Lipinski definition) is 7. The Morgan fingerprint density at radius 1 is 0.617 bits per heavy atom. The van der Waals surface area contributed by atoms with Crippen LogP contribution in [0.2, 0.25) is 0 Å². The zero-order valence-electron chi connectivity index (χ0n) is 33.7. The number of amides is 4. The van der Waals surface area contributed by atoms with Crippen LogP contribution < -0.4 is 35.2 Å². The number of benzene rings is 6. The van der Waals surface area contributed by atoms with Crippen molar-refractivity contribution in [2.24, 2.45) is 0 Å². The molecule has 4 amide bonds. The lowest BCUT2D eigenvalue weighted by Crippen LogP contribution is -2.30. The molecule has 0 saturated heterocycles. The van der Waals surface area contributed by atoms with E-state index < -0.39 is 8.38 Å². The summed E-state index contributed by atoms with van der Waals surface area (Å²) in [4.78, 5) is 71.0. The molecule has 0 bridgehead atoms. The van der Waals surface area contributed by atoms with Crippen LogP contribution in [0.3, 0.4) is 0 Å². The van der Waals surface area contributed by atoms with Gasteiger partial charge in [0.15, 0.2) is 8.38 Å². The molecular weight excluding hydrogens is 820 g/mol. The number of carbonyl (C=O) groups excluding carboxylic acids is 4. The highest BCUT2D eigenvalue weighted by Gasteiger charge is 2.23. The van der Waals surface area contributed by atoms with E-state index in [0.717, 1.165) is 42.7 Å². The molecule has 16 heteroatoms. The summed E-state index contributed by atoms with van der Waals surface area (Å²) in [7, 11) is 1.37. The van der Waals surface area contributed by atoms with Crippen molar-refractivity contribution in [3.8, 4) is 5.75 Å². The Balaban J connectivity index is 1.25. The van der Waals surface area contributed by atoms with E-state index in [1.165, 1.54) is 36.9 Å². The lowest BCUT2D eigenvalue weighted by atomic mass is 9.94. The van der Waals surface area contributed by atoms with Crippen LogP contribution in [-0.2, 0) is 9.59 Å². The first-order valence-electron chi connectivity index (χ1n) is 19.2. The Morgan fingerprint density at radius 2 is 1.05 bits per heavy atom. The van der Waals surface area contributed by atoms with Gasteiger partial charge in [0, 0.05) is 101 Å². The summed E-state index contributed by atoms with van der Waals surface area (Å²) in [6, 6.07) is 25.8. The molecule has 0 unspecified atom stereocenters. The number of hydrogen-bond acceptors (Lipinski definition) is 11. The third kappa shape index (κ3) is 10.2. The maximum atomic E-state index is 12.9. The first-order chi connectivity index (χ1) is 28.7. The Morgan fingerprint density at radius 3 is 1.52 bits per heavy atom. The molecule has 13 nitrogen and oxygen atoms in total. The number of phenolic OH excluding ortho intramolecular Hbond substituents is 1. The van der Waals surface area contributed by atoms with Crippen LogP contribution in [0, 0.1) is 0 Å². The zero-order chi connectivity index (χ0) is 43.1. The zero-order valence-corrected chi connectivity index (χ0v) is 36.2. The van der Waals surface area contributed by atoms with E-state index in [9.17, 15) is 34.1 Å². The van der Waals surface area contributed by atoms with E-state index >= 15 is 0 Å². The van der Waals surface area contributed by atoms with Gasteiger partial charge in [-0.2, -0.15) is 0 Å². The molecule has 7 N–H and O–H groups in total. The SMILES string of the molecule is C=C(C)C(=O)NCCCNC(=O)c1ccc(N(C)Sc2cc(SN(C)c3ccc(C(=O)NCCCNC(C)=O)cc3)c3ccc4c(O)cc(P(O)O)c5ccc2c3c45)cc1. The van der Waals surface area contributed by atoms with Gasteiger partial charge in [-0.25, -0.2) is 0 Å². The van der Waals surface area contributed by atoms with Crippen molar-refractivity contribution in [1.29, 1.82) is 0 Å². The van der Waals surface area contributed by atoms with Gasteiger partial charge in [-0.15, -0.1) is 0 Å². The van der Waals surface area contributed by atoms with E-state index in [2.05, 4.69) is 33.9 Å². The van der Waals surface area contributed by atoms with E-state index in [1.54, 1.807) is 31.2 Å². The Bertz CT molecular complexity index is 2550. The second-order valence-electron chi connectivity index (χ2n) is 14.2. The van der Waals surface area contributed by atoms with Gasteiger partial charge in [-0.05, 0) is 132 Å². The van der Waals surface area contributed by atoms with Crippen LogP contribution in [0.4, 0.5) is 11.4 Å². The fraction of sp³-hybridized carbons (Fsp3) is 0.227. The molecule has 0 aliphatic rings. The van der Waals surface area contributed by atoms with Crippen molar-refractivity contribution >= 4 is 105 Å². The third-order valence-corrected chi connectivity index (χ3v) is 12.6. The minimum absolute atomic E-state index is 0.0421. The number of phenols is 1. The largest absolute Gasteiger partial charge is 0.507 e. The molecule has 0 atom stereocenters. The smallest absolute Gasteiger partial charge is 0.251 e. The number of nitrogens with one attached hydrogen (secondary N) is 4. The van der Waals surface area contributed by atoms with Gasteiger partial charge in [0.1, 0.15) is 5.75 Å². The fourth-order valence-electron chi connectivity index (χ4n) is 6.66. The molecule has 0 aliphatic carbocycles. The van der Waals surface area contributed by atoms with Crippen molar-refractivity contribution in [2.45, 2.75) is 36.5 Å². The van der Waals surface area contributed by atoms with Crippen LogP contribution in [0.15, 0.2) is 107 Å². The van der Waals surface area contributed by atoms with Gasteiger partial charge >= 0.3 is 0 Å². The minimum Gasteiger partial charge on any atom is -0.507 e. The summed E-state index contributed by atoms with van der Waals surface area (Å²) in [5.74, 6) is -0.782. The number of aromatic hydroxyl groups is 1. The van der Waals surface area contributed by atoms with Gasteiger partial charge in [-0.3, -0.25) is 19.2 Å². The average molecular weight is 867 g/mol. The van der Waals surface area contributed by atoms with E-state index in [0.29, 0.717) is 66.5 Å². The molecule has 0 saturated carbocycles. The van der Waals surface area contributed by atoms with Crippen LogP contribution >= 0.6 is 32.3 Å². The number of anilines is 2. The fourth-order valence-corrected chi connectivity index (χ4v) is 9.29. The van der Waals surface area contributed by atoms with Crippen molar-refractivity contribution in [1.82, 2.24) is 21.3 Å². The number of nitrogens with zero attached hydrogens (tertiary/aromatic N) is 2. The van der Waals surface area contributed by atoms with Crippen LogP contribution in [0.25, 0.3) is 32.3 Å². The molecule has 0 aromatic heterocycles. The Kier molecular flexibility index (Phi) is 14.4. The first-order valence-corrected chi connectivity index (χ1v) is 22.0. The average Bonchev–Trinajstić information content (AvgIpc) is 3.23. The molecule has 6 rings (SSSR count).